The van der Waals surface area contributed by atoms with Crippen LogP contribution in [0.5, 0.6) is 0 Å². The van der Waals surface area contributed by atoms with Crippen molar-refractivity contribution in [1.29, 1.82) is 0 Å². The maximum Gasteiger partial charge on any atom is 0.168 e. The predicted molar refractivity (Wildman–Crippen MR) is 59.0 cm³/mol. The van der Waals surface area contributed by atoms with Crippen molar-refractivity contribution in [3.05, 3.63) is 35.0 Å². The van der Waals surface area contributed by atoms with Gasteiger partial charge in [-0.2, -0.15) is 0 Å². The second kappa shape index (κ2) is 3.14. The van der Waals surface area contributed by atoms with Crippen LogP contribution < -0.4 is 0 Å². The zero-order chi connectivity index (χ0) is 11.3. The highest BCUT2D eigenvalue weighted by Gasteiger charge is 2.20. The Balaban J connectivity index is 2.43. The molecular formula is C12H10F2N2. The van der Waals surface area contributed by atoms with Crippen LogP contribution in [0.15, 0.2) is 17.1 Å². The van der Waals surface area contributed by atoms with Crippen LogP contribution in [0, 0.1) is 11.6 Å². The van der Waals surface area contributed by atoms with E-state index < -0.39 is 11.6 Å². The van der Waals surface area contributed by atoms with Gasteiger partial charge in [0.2, 0.25) is 0 Å². The third-order valence-electron chi connectivity index (χ3n) is 3.03. The third-order valence-corrected chi connectivity index (χ3v) is 3.03. The van der Waals surface area contributed by atoms with E-state index in [1.807, 2.05) is 6.92 Å². The van der Waals surface area contributed by atoms with Gasteiger partial charge in [-0.05, 0) is 31.0 Å². The summed E-state index contributed by atoms with van der Waals surface area (Å²) in [6.07, 6.45) is 0.660. The highest BCUT2D eigenvalue weighted by Crippen LogP contribution is 2.29. The molecule has 0 saturated heterocycles. The minimum Gasteiger partial charge on any atom is -0.353 e. The molecule has 0 spiro atoms. The summed E-state index contributed by atoms with van der Waals surface area (Å²) < 4.78 is 26.9. The Bertz CT molecular complexity index is 611. The minimum atomic E-state index is -0.797. The molecule has 2 nitrogen and oxygen atoms in total. The summed E-state index contributed by atoms with van der Waals surface area (Å²) in [5, 5.41) is 0.379. The number of aromatic amines is 1. The van der Waals surface area contributed by atoms with Crippen molar-refractivity contribution in [2.45, 2.75) is 13.3 Å². The van der Waals surface area contributed by atoms with Crippen LogP contribution in [0.2, 0.25) is 0 Å². The quantitative estimate of drug-likeness (QED) is 0.707. The fraction of sp³-hybridized carbons (Fsp3) is 0.250. The molecule has 0 bridgehead atoms. The molecule has 4 heteroatoms. The number of H-pyrrole nitrogens is 1. The number of nitrogens with zero attached hydrogens (tertiary/aromatic N) is 1. The molecule has 0 amide bonds. The Morgan fingerprint density at radius 1 is 1.31 bits per heavy atom. The van der Waals surface area contributed by atoms with Gasteiger partial charge in [-0.3, -0.25) is 4.99 Å². The molecule has 2 aromatic rings. The van der Waals surface area contributed by atoms with E-state index in [-0.39, 0.29) is 0 Å². The van der Waals surface area contributed by atoms with Crippen LogP contribution >= 0.6 is 0 Å². The zero-order valence-corrected chi connectivity index (χ0v) is 8.77. The smallest absolute Gasteiger partial charge is 0.168 e. The van der Waals surface area contributed by atoms with Crippen molar-refractivity contribution in [1.82, 2.24) is 4.98 Å². The highest BCUT2D eigenvalue weighted by atomic mass is 19.2. The van der Waals surface area contributed by atoms with Crippen molar-refractivity contribution >= 4 is 16.6 Å². The Morgan fingerprint density at radius 2 is 2.12 bits per heavy atom. The van der Waals surface area contributed by atoms with E-state index in [1.54, 1.807) is 6.07 Å². The van der Waals surface area contributed by atoms with Gasteiger partial charge < -0.3 is 4.98 Å². The summed E-state index contributed by atoms with van der Waals surface area (Å²) in [5.41, 5.74) is 3.18. The molecular weight excluding hydrogens is 210 g/mol. The molecule has 1 aliphatic heterocycles. The fourth-order valence-electron chi connectivity index (χ4n) is 2.26. The molecule has 0 aliphatic carbocycles. The molecule has 0 fully saturated rings. The van der Waals surface area contributed by atoms with Crippen LogP contribution in [-0.4, -0.2) is 17.2 Å². The summed E-state index contributed by atoms with van der Waals surface area (Å²) in [4.78, 5) is 7.38. The molecule has 0 unspecified atom stereocenters. The van der Waals surface area contributed by atoms with Gasteiger partial charge in [0, 0.05) is 17.4 Å². The predicted octanol–water partition coefficient (Wildman–Crippen LogP) is 2.81. The summed E-state index contributed by atoms with van der Waals surface area (Å²) >= 11 is 0. The Labute approximate surface area is 91.0 Å². The average molecular weight is 220 g/mol. The average Bonchev–Trinajstić information content (AvgIpc) is 2.64. The van der Waals surface area contributed by atoms with Gasteiger partial charge in [0.25, 0.3) is 0 Å². The van der Waals surface area contributed by atoms with Crippen molar-refractivity contribution in [2.75, 3.05) is 6.54 Å². The van der Waals surface area contributed by atoms with Crippen LogP contribution in [-0.2, 0) is 6.42 Å². The number of fused-ring (bicyclic) bond motifs is 3. The van der Waals surface area contributed by atoms with E-state index in [0.717, 1.165) is 23.0 Å². The number of halogens is 2. The second-order valence-corrected chi connectivity index (χ2v) is 3.98. The molecule has 1 aromatic carbocycles. The highest BCUT2D eigenvalue weighted by molar-refractivity contribution is 6.05. The van der Waals surface area contributed by atoms with Crippen LogP contribution in [0.3, 0.4) is 0 Å². The van der Waals surface area contributed by atoms with E-state index in [0.29, 0.717) is 23.9 Å². The largest absolute Gasteiger partial charge is 0.353 e. The SMILES string of the molecule is CC1=NCCc2c1[nH]c1ccc(F)c(F)c21. The second-order valence-electron chi connectivity index (χ2n) is 3.98. The first-order chi connectivity index (χ1) is 7.68. The molecule has 16 heavy (non-hydrogen) atoms. The summed E-state index contributed by atoms with van der Waals surface area (Å²) in [6.45, 7) is 2.52. The molecule has 1 aromatic heterocycles. The number of nitrogens with one attached hydrogen (secondary N) is 1. The first-order valence-electron chi connectivity index (χ1n) is 5.18. The van der Waals surface area contributed by atoms with Gasteiger partial charge in [-0.15, -0.1) is 0 Å². The van der Waals surface area contributed by atoms with Gasteiger partial charge in [0.05, 0.1) is 11.4 Å². The molecule has 0 atom stereocenters. The Kier molecular flexibility index (Phi) is 1.87. The summed E-state index contributed by atoms with van der Waals surface area (Å²) in [6, 6.07) is 2.71. The lowest BCUT2D eigenvalue weighted by Gasteiger charge is -2.09. The number of hydrogen-bond donors (Lipinski definition) is 1. The first kappa shape index (κ1) is 9.51. The maximum atomic E-state index is 13.7. The molecule has 0 saturated carbocycles. The number of aliphatic imine (C=N–C) groups is 1. The lowest BCUT2D eigenvalue weighted by atomic mass is 10.0. The Morgan fingerprint density at radius 3 is 2.94 bits per heavy atom. The van der Waals surface area contributed by atoms with Crippen molar-refractivity contribution in [3.8, 4) is 0 Å². The zero-order valence-electron chi connectivity index (χ0n) is 8.77. The van der Waals surface area contributed by atoms with Crippen LogP contribution in [0.4, 0.5) is 8.78 Å². The van der Waals surface area contributed by atoms with Gasteiger partial charge in [0.15, 0.2) is 11.6 Å². The van der Waals surface area contributed by atoms with E-state index in [2.05, 4.69) is 9.98 Å². The Hall–Kier alpha value is -1.71. The van der Waals surface area contributed by atoms with Crippen LogP contribution in [0.25, 0.3) is 10.9 Å². The number of hydrogen-bond acceptors (Lipinski definition) is 1. The monoisotopic (exact) mass is 220 g/mol. The van der Waals surface area contributed by atoms with Gasteiger partial charge in [-0.1, -0.05) is 0 Å². The third kappa shape index (κ3) is 1.13. The summed E-state index contributed by atoms with van der Waals surface area (Å²) in [7, 11) is 0. The lowest BCUT2D eigenvalue weighted by Crippen LogP contribution is -2.08. The standard InChI is InChI=1S/C12H10F2N2/c1-6-12-7(4-5-15-6)10-9(16-12)3-2-8(13)11(10)14/h2-3,16H,4-5H2,1H3. The normalized spacial score (nSPS) is 15.1. The van der Waals surface area contributed by atoms with E-state index >= 15 is 0 Å². The van der Waals surface area contributed by atoms with Crippen molar-refractivity contribution < 1.29 is 8.78 Å². The topological polar surface area (TPSA) is 28.1 Å². The van der Waals surface area contributed by atoms with Crippen molar-refractivity contribution in [3.63, 3.8) is 0 Å². The van der Waals surface area contributed by atoms with Gasteiger partial charge in [0.1, 0.15) is 0 Å². The number of benzene rings is 1. The van der Waals surface area contributed by atoms with Gasteiger partial charge in [-0.25, -0.2) is 8.78 Å². The summed E-state index contributed by atoms with van der Waals surface area (Å²) in [5.74, 6) is -1.56. The van der Waals surface area contributed by atoms with E-state index in [1.165, 1.54) is 0 Å². The minimum absolute atomic E-state index is 0.379. The number of aromatic nitrogens is 1. The molecule has 2 heterocycles. The molecule has 0 radical (unpaired) electrons. The van der Waals surface area contributed by atoms with Crippen molar-refractivity contribution in [2.24, 2.45) is 4.99 Å². The maximum absolute atomic E-state index is 13.7. The molecule has 3 rings (SSSR count). The number of rotatable bonds is 0. The first-order valence-corrected chi connectivity index (χ1v) is 5.18. The van der Waals surface area contributed by atoms with E-state index in [4.69, 9.17) is 0 Å². The van der Waals surface area contributed by atoms with Gasteiger partial charge >= 0.3 is 0 Å². The molecule has 1 aliphatic rings. The lowest BCUT2D eigenvalue weighted by molar-refractivity contribution is 0.516. The van der Waals surface area contributed by atoms with E-state index in [9.17, 15) is 8.78 Å². The van der Waals surface area contributed by atoms with Crippen LogP contribution in [0.1, 0.15) is 18.2 Å². The molecule has 82 valence electrons. The molecule has 1 N–H and O–H groups in total. The fourth-order valence-corrected chi connectivity index (χ4v) is 2.26.